The molecule has 6 rings (SSSR count). The average molecular weight is 404 g/mol. The van der Waals surface area contributed by atoms with Gasteiger partial charge in [0.05, 0.1) is 27.5 Å². The number of nitrogens with one attached hydrogen (secondary N) is 2. The van der Waals surface area contributed by atoms with Crippen molar-refractivity contribution in [1.82, 2.24) is 4.98 Å². The smallest absolute Gasteiger partial charge is 0.196 e. The highest BCUT2D eigenvalue weighted by atomic mass is 16.3. The summed E-state index contributed by atoms with van der Waals surface area (Å²) in [6, 6.07) is 25.8. The Morgan fingerprint density at radius 1 is 0.677 bits per heavy atom. The highest BCUT2D eigenvalue weighted by Gasteiger charge is 2.19. The fraction of sp³-hybridized carbons (Fsp3) is 0. The SMILES string of the molecule is O=c1c2ccccc2c(=O)c2c1c(Nc1ccccc1)cc1oc3ccccc3[nH]c12. The number of aromatic amines is 1. The molecule has 0 aliphatic heterocycles. The summed E-state index contributed by atoms with van der Waals surface area (Å²) in [6.07, 6.45) is 0. The van der Waals surface area contributed by atoms with Crippen molar-refractivity contribution in [3.63, 3.8) is 0 Å². The molecule has 148 valence electrons. The van der Waals surface area contributed by atoms with Crippen molar-refractivity contribution in [3.05, 3.63) is 105 Å². The molecule has 0 spiro atoms. The maximum absolute atomic E-state index is 13.6. The predicted molar refractivity (Wildman–Crippen MR) is 125 cm³/mol. The van der Waals surface area contributed by atoms with E-state index in [1.807, 2.05) is 54.6 Å². The van der Waals surface area contributed by atoms with Crippen LogP contribution in [0.15, 0.2) is 98.9 Å². The fourth-order valence-electron chi connectivity index (χ4n) is 4.16. The zero-order valence-electron chi connectivity index (χ0n) is 16.3. The molecule has 6 aromatic rings. The minimum Gasteiger partial charge on any atom is -0.453 e. The summed E-state index contributed by atoms with van der Waals surface area (Å²) in [6.45, 7) is 0. The van der Waals surface area contributed by atoms with Gasteiger partial charge in [-0.3, -0.25) is 9.59 Å². The van der Waals surface area contributed by atoms with Crippen molar-refractivity contribution in [2.24, 2.45) is 0 Å². The number of rotatable bonds is 2. The van der Waals surface area contributed by atoms with E-state index in [-0.39, 0.29) is 10.9 Å². The van der Waals surface area contributed by atoms with Crippen molar-refractivity contribution >= 4 is 55.1 Å². The Morgan fingerprint density at radius 3 is 2.10 bits per heavy atom. The first-order valence-electron chi connectivity index (χ1n) is 9.96. The van der Waals surface area contributed by atoms with Gasteiger partial charge in [-0.15, -0.1) is 0 Å². The lowest BCUT2D eigenvalue weighted by atomic mass is 9.99. The normalized spacial score (nSPS) is 11.5. The molecule has 0 atom stereocenters. The number of fused-ring (bicyclic) bond motifs is 5. The zero-order chi connectivity index (χ0) is 20.9. The topological polar surface area (TPSA) is 75.1 Å². The number of para-hydroxylation sites is 3. The van der Waals surface area contributed by atoms with E-state index in [0.29, 0.717) is 43.9 Å². The first-order chi connectivity index (χ1) is 15.2. The summed E-state index contributed by atoms with van der Waals surface area (Å²) in [5.74, 6) is 0. The van der Waals surface area contributed by atoms with E-state index in [4.69, 9.17) is 4.42 Å². The van der Waals surface area contributed by atoms with Gasteiger partial charge in [-0.25, -0.2) is 0 Å². The van der Waals surface area contributed by atoms with Gasteiger partial charge >= 0.3 is 0 Å². The van der Waals surface area contributed by atoms with Gasteiger partial charge in [0.2, 0.25) is 0 Å². The highest BCUT2D eigenvalue weighted by Crippen LogP contribution is 2.32. The molecule has 0 fully saturated rings. The van der Waals surface area contributed by atoms with E-state index in [0.717, 1.165) is 11.2 Å². The molecule has 31 heavy (non-hydrogen) atoms. The third-order valence-electron chi connectivity index (χ3n) is 5.58. The fourth-order valence-corrected chi connectivity index (χ4v) is 4.16. The monoisotopic (exact) mass is 404 g/mol. The van der Waals surface area contributed by atoms with Gasteiger partial charge in [-0.1, -0.05) is 54.6 Å². The van der Waals surface area contributed by atoms with Gasteiger partial charge in [-0.05, 0) is 24.3 Å². The zero-order valence-corrected chi connectivity index (χ0v) is 16.3. The molecule has 5 heteroatoms. The molecule has 0 radical (unpaired) electrons. The van der Waals surface area contributed by atoms with Crippen LogP contribution in [0.25, 0.3) is 43.7 Å². The van der Waals surface area contributed by atoms with E-state index in [1.165, 1.54) is 0 Å². The minimum atomic E-state index is -0.200. The van der Waals surface area contributed by atoms with Gasteiger partial charge in [0.15, 0.2) is 22.0 Å². The van der Waals surface area contributed by atoms with Crippen molar-refractivity contribution in [1.29, 1.82) is 0 Å². The van der Waals surface area contributed by atoms with Crippen molar-refractivity contribution in [2.45, 2.75) is 0 Å². The molecule has 0 amide bonds. The largest absolute Gasteiger partial charge is 0.453 e. The second kappa shape index (κ2) is 6.57. The lowest BCUT2D eigenvalue weighted by molar-refractivity contribution is 0.657. The molecule has 5 nitrogen and oxygen atoms in total. The number of aromatic nitrogens is 1. The first-order valence-corrected chi connectivity index (χ1v) is 9.96. The molecule has 5 aromatic carbocycles. The van der Waals surface area contributed by atoms with Crippen LogP contribution in [0.5, 0.6) is 0 Å². The van der Waals surface area contributed by atoms with Crippen LogP contribution in [0, 0.1) is 0 Å². The minimum absolute atomic E-state index is 0.188. The quantitative estimate of drug-likeness (QED) is 0.287. The molecular weight excluding hydrogens is 388 g/mol. The van der Waals surface area contributed by atoms with Gasteiger partial charge < -0.3 is 14.7 Å². The molecular formula is C26H16N2O3. The molecule has 1 heterocycles. The van der Waals surface area contributed by atoms with Gasteiger partial charge in [0, 0.05) is 22.5 Å². The van der Waals surface area contributed by atoms with Gasteiger partial charge in [0.1, 0.15) is 0 Å². The molecule has 0 aliphatic carbocycles. The van der Waals surface area contributed by atoms with E-state index in [9.17, 15) is 9.59 Å². The number of H-pyrrole nitrogens is 1. The van der Waals surface area contributed by atoms with Crippen LogP contribution in [-0.2, 0) is 0 Å². The van der Waals surface area contributed by atoms with Crippen LogP contribution in [0.1, 0.15) is 0 Å². The standard InChI is InChI=1S/C26H16N2O3/c29-25-16-10-4-5-11-17(16)26(30)23-22(25)19(27-15-8-2-1-3-9-15)14-21-24(23)28-18-12-6-7-13-20(18)31-21/h1-14,27-28H. The van der Waals surface area contributed by atoms with Crippen LogP contribution in [0.2, 0.25) is 0 Å². The number of anilines is 2. The number of hydrogen-bond acceptors (Lipinski definition) is 4. The Labute approximate surface area is 175 Å². The third-order valence-corrected chi connectivity index (χ3v) is 5.58. The first kappa shape index (κ1) is 17.5. The van der Waals surface area contributed by atoms with E-state index < -0.39 is 0 Å². The molecule has 0 saturated heterocycles. The Hall–Kier alpha value is -4.38. The van der Waals surface area contributed by atoms with Crippen LogP contribution in [-0.4, -0.2) is 4.98 Å². The van der Waals surface area contributed by atoms with Gasteiger partial charge in [0.25, 0.3) is 0 Å². The number of hydrogen-bond donors (Lipinski definition) is 2. The summed E-state index contributed by atoms with van der Waals surface area (Å²) in [5, 5.41) is 4.80. The van der Waals surface area contributed by atoms with Crippen LogP contribution in [0.4, 0.5) is 11.4 Å². The summed E-state index contributed by atoms with van der Waals surface area (Å²) >= 11 is 0. The molecule has 0 aliphatic rings. The summed E-state index contributed by atoms with van der Waals surface area (Å²) in [5.41, 5.74) is 3.38. The molecule has 0 bridgehead atoms. The molecule has 2 N–H and O–H groups in total. The maximum atomic E-state index is 13.6. The molecule has 0 unspecified atom stereocenters. The van der Waals surface area contributed by atoms with E-state index >= 15 is 0 Å². The second-order valence-corrected chi connectivity index (χ2v) is 7.47. The number of benzene rings is 5. The van der Waals surface area contributed by atoms with Crippen molar-refractivity contribution in [2.75, 3.05) is 5.32 Å². The van der Waals surface area contributed by atoms with Crippen LogP contribution < -0.4 is 16.2 Å². The second-order valence-electron chi connectivity index (χ2n) is 7.47. The molecule has 0 saturated carbocycles. The summed E-state index contributed by atoms with van der Waals surface area (Å²) < 4.78 is 6.13. The Balaban J connectivity index is 1.84. The summed E-state index contributed by atoms with van der Waals surface area (Å²) in [7, 11) is 0. The Kier molecular flexibility index (Phi) is 3.70. The maximum Gasteiger partial charge on any atom is 0.196 e. The van der Waals surface area contributed by atoms with E-state index in [2.05, 4.69) is 10.3 Å². The lowest BCUT2D eigenvalue weighted by Gasteiger charge is -2.13. The molecule has 1 aromatic heterocycles. The van der Waals surface area contributed by atoms with Crippen molar-refractivity contribution in [3.8, 4) is 0 Å². The lowest BCUT2D eigenvalue weighted by Crippen LogP contribution is -2.15. The Morgan fingerprint density at radius 2 is 1.32 bits per heavy atom. The average Bonchev–Trinajstić information content (AvgIpc) is 2.81. The van der Waals surface area contributed by atoms with Crippen LogP contribution in [0.3, 0.4) is 0 Å². The van der Waals surface area contributed by atoms with Crippen LogP contribution >= 0.6 is 0 Å². The Bertz CT molecular complexity index is 1750. The third kappa shape index (κ3) is 2.64. The van der Waals surface area contributed by atoms with Crippen molar-refractivity contribution < 1.29 is 4.42 Å². The van der Waals surface area contributed by atoms with Gasteiger partial charge in [-0.2, -0.15) is 0 Å². The van der Waals surface area contributed by atoms with E-state index in [1.54, 1.807) is 30.3 Å². The predicted octanol–water partition coefficient (Wildman–Crippen LogP) is 5.68. The summed E-state index contributed by atoms with van der Waals surface area (Å²) in [4.78, 5) is 30.4. The highest BCUT2D eigenvalue weighted by molar-refractivity contribution is 6.15.